The summed E-state index contributed by atoms with van der Waals surface area (Å²) in [7, 11) is 0. The summed E-state index contributed by atoms with van der Waals surface area (Å²) in [6.45, 7) is 2.14. The van der Waals surface area contributed by atoms with Crippen LogP contribution in [0.1, 0.15) is 5.56 Å². The number of anilines is 3. The minimum absolute atomic E-state index is 1.14. The second kappa shape index (κ2) is 10.2. The normalized spacial score (nSPS) is 11.1. The first-order valence-corrected chi connectivity index (χ1v) is 13.8. The molecular weight excluding hydrogens is 482 g/mol. The first kappa shape index (κ1) is 23.9. The molecule has 0 heterocycles. The molecule has 0 aliphatic rings. The SMILES string of the molecule is Cc1ccc(N(c2ccccc2)c2c3ccccc3c(-c3ccc(-c4ccccc4)cc3)c3ccccc23)cc1. The summed E-state index contributed by atoms with van der Waals surface area (Å²) < 4.78 is 0. The number of benzene rings is 7. The van der Waals surface area contributed by atoms with Crippen LogP contribution in [-0.4, -0.2) is 0 Å². The zero-order valence-corrected chi connectivity index (χ0v) is 22.5. The lowest BCUT2D eigenvalue weighted by Crippen LogP contribution is -2.11. The van der Waals surface area contributed by atoms with Gasteiger partial charge in [0.25, 0.3) is 0 Å². The standard InChI is InChI=1S/C39H29N/c1-28-20-26-33(27-21-28)40(32-14-6-3-7-15-32)39-36-18-10-8-16-34(36)38(35-17-9-11-19-37(35)39)31-24-22-30(23-25-31)29-12-4-2-5-13-29/h2-27H,1H3. The number of hydrogen-bond acceptors (Lipinski definition) is 1. The van der Waals surface area contributed by atoms with Crippen molar-refractivity contribution in [1.82, 2.24) is 0 Å². The topological polar surface area (TPSA) is 3.24 Å². The van der Waals surface area contributed by atoms with Gasteiger partial charge in [-0.1, -0.05) is 139 Å². The van der Waals surface area contributed by atoms with E-state index in [-0.39, 0.29) is 0 Å². The van der Waals surface area contributed by atoms with Gasteiger partial charge < -0.3 is 4.90 Å². The van der Waals surface area contributed by atoms with Crippen LogP contribution in [-0.2, 0) is 0 Å². The highest BCUT2D eigenvalue weighted by Crippen LogP contribution is 2.48. The number of hydrogen-bond donors (Lipinski definition) is 0. The Morgan fingerprint density at radius 2 is 0.775 bits per heavy atom. The Kier molecular flexibility index (Phi) is 6.11. The maximum atomic E-state index is 2.41. The molecule has 0 saturated carbocycles. The lowest BCUT2D eigenvalue weighted by atomic mass is 9.89. The molecule has 190 valence electrons. The lowest BCUT2D eigenvalue weighted by Gasteiger charge is -2.29. The van der Waals surface area contributed by atoms with Gasteiger partial charge in [0.15, 0.2) is 0 Å². The molecule has 0 radical (unpaired) electrons. The Balaban J connectivity index is 1.52. The van der Waals surface area contributed by atoms with Crippen LogP contribution in [0.5, 0.6) is 0 Å². The van der Waals surface area contributed by atoms with Crippen molar-refractivity contribution in [1.29, 1.82) is 0 Å². The van der Waals surface area contributed by atoms with E-state index in [9.17, 15) is 0 Å². The second-order valence-electron chi connectivity index (χ2n) is 10.3. The summed E-state index contributed by atoms with van der Waals surface area (Å²) in [5, 5.41) is 4.95. The van der Waals surface area contributed by atoms with Crippen LogP contribution in [0.15, 0.2) is 158 Å². The summed E-state index contributed by atoms with van der Waals surface area (Å²) in [6, 6.07) is 56.8. The summed E-state index contributed by atoms with van der Waals surface area (Å²) in [5.74, 6) is 0. The highest BCUT2D eigenvalue weighted by atomic mass is 15.1. The fraction of sp³-hybridized carbons (Fsp3) is 0.0256. The molecule has 7 aromatic rings. The summed E-state index contributed by atoms with van der Waals surface area (Å²) in [4.78, 5) is 2.41. The van der Waals surface area contributed by atoms with E-state index >= 15 is 0 Å². The van der Waals surface area contributed by atoms with Crippen LogP contribution in [0.2, 0.25) is 0 Å². The number of para-hydroxylation sites is 1. The lowest BCUT2D eigenvalue weighted by molar-refractivity contribution is 1.30. The van der Waals surface area contributed by atoms with E-state index in [0.29, 0.717) is 0 Å². The average molecular weight is 512 g/mol. The molecule has 0 amide bonds. The van der Waals surface area contributed by atoms with Crippen LogP contribution in [0.3, 0.4) is 0 Å². The van der Waals surface area contributed by atoms with Crippen molar-refractivity contribution in [3.05, 3.63) is 163 Å². The Morgan fingerprint density at radius 1 is 0.350 bits per heavy atom. The van der Waals surface area contributed by atoms with Gasteiger partial charge in [0, 0.05) is 22.1 Å². The Hall–Kier alpha value is -5.14. The van der Waals surface area contributed by atoms with Gasteiger partial charge in [-0.05, 0) is 64.2 Å². The van der Waals surface area contributed by atoms with Crippen LogP contribution < -0.4 is 4.90 Å². The molecule has 7 aromatic carbocycles. The van der Waals surface area contributed by atoms with Gasteiger partial charge >= 0.3 is 0 Å². The third-order valence-electron chi connectivity index (χ3n) is 7.71. The molecule has 1 nitrogen and oxygen atoms in total. The van der Waals surface area contributed by atoms with E-state index < -0.39 is 0 Å². The monoisotopic (exact) mass is 511 g/mol. The first-order chi connectivity index (χ1) is 19.8. The molecule has 0 saturated heterocycles. The smallest absolute Gasteiger partial charge is 0.0618 e. The van der Waals surface area contributed by atoms with Gasteiger partial charge in [-0.15, -0.1) is 0 Å². The maximum absolute atomic E-state index is 2.41. The summed E-state index contributed by atoms with van der Waals surface area (Å²) in [6.07, 6.45) is 0. The van der Waals surface area contributed by atoms with Crippen LogP contribution in [0, 0.1) is 6.92 Å². The predicted molar refractivity (Wildman–Crippen MR) is 172 cm³/mol. The first-order valence-electron chi connectivity index (χ1n) is 13.8. The third kappa shape index (κ3) is 4.22. The van der Waals surface area contributed by atoms with Crippen LogP contribution in [0.4, 0.5) is 17.1 Å². The third-order valence-corrected chi connectivity index (χ3v) is 7.71. The Morgan fingerprint density at radius 3 is 1.35 bits per heavy atom. The molecule has 0 unspecified atom stereocenters. The molecule has 0 spiro atoms. The van der Waals surface area contributed by atoms with E-state index in [2.05, 4.69) is 170 Å². The minimum Gasteiger partial charge on any atom is -0.309 e. The molecule has 1 heteroatoms. The number of fused-ring (bicyclic) bond motifs is 2. The number of nitrogens with zero attached hydrogens (tertiary/aromatic N) is 1. The van der Waals surface area contributed by atoms with Gasteiger partial charge in [-0.2, -0.15) is 0 Å². The fourth-order valence-electron chi connectivity index (χ4n) is 5.80. The molecule has 0 aromatic heterocycles. The molecule has 0 aliphatic carbocycles. The van der Waals surface area contributed by atoms with Gasteiger partial charge in [0.1, 0.15) is 0 Å². The molecule has 0 N–H and O–H groups in total. The van der Waals surface area contributed by atoms with Crippen molar-refractivity contribution < 1.29 is 0 Å². The van der Waals surface area contributed by atoms with Crippen molar-refractivity contribution in [2.45, 2.75) is 6.92 Å². The molecule has 0 aliphatic heterocycles. The van der Waals surface area contributed by atoms with Crippen molar-refractivity contribution >= 4 is 38.6 Å². The predicted octanol–water partition coefficient (Wildman–Crippen LogP) is 11.1. The molecule has 40 heavy (non-hydrogen) atoms. The van der Waals surface area contributed by atoms with Gasteiger partial charge in [0.05, 0.1) is 5.69 Å². The molecule has 0 bridgehead atoms. The van der Waals surface area contributed by atoms with Crippen molar-refractivity contribution in [3.8, 4) is 22.3 Å². The largest absolute Gasteiger partial charge is 0.309 e. The maximum Gasteiger partial charge on any atom is 0.0618 e. The highest BCUT2D eigenvalue weighted by molar-refractivity contribution is 6.22. The van der Waals surface area contributed by atoms with Crippen molar-refractivity contribution in [2.24, 2.45) is 0 Å². The average Bonchev–Trinajstić information content (AvgIpc) is 3.03. The quantitative estimate of drug-likeness (QED) is 0.208. The number of aryl methyl sites for hydroxylation is 1. The zero-order chi connectivity index (χ0) is 26.9. The zero-order valence-electron chi connectivity index (χ0n) is 22.5. The van der Waals surface area contributed by atoms with E-state index in [4.69, 9.17) is 0 Å². The summed E-state index contributed by atoms with van der Waals surface area (Å²) >= 11 is 0. The highest BCUT2D eigenvalue weighted by Gasteiger charge is 2.21. The number of rotatable bonds is 5. The fourth-order valence-corrected chi connectivity index (χ4v) is 5.80. The Labute approximate surface area is 235 Å². The summed E-state index contributed by atoms with van der Waals surface area (Å²) in [5.41, 5.74) is 9.69. The van der Waals surface area contributed by atoms with Crippen LogP contribution >= 0.6 is 0 Å². The van der Waals surface area contributed by atoms with Gasteiger partial charge in [-0.25, -0.2) is 0 Å². The van der Waals surface area contributed by atoms with E-state index in [1.165, 1.54) is 55.0 Å². The van der Waals surface area contributed by atoms with Crippen molar-refractivity contribution in [3.63, 3.8) is 0 Å². The van der Waals surface area contributed by atoms with Crippen molar-refractivity contribution in [2.75, 3.05) is 4.90 Å². The van der Waals surface area contributed by atoms with Crippen LogP contribution in [0.25, 0.3) is 43.8 Å². The second-order valence-corrected chi connectivity index (χ2v) is 10.3. The minimum atomic E-state index is 1.14. The van der Waals surface area contributed by atoms with E-state index in [1.54, 1.807) is 0 Å². The molecule has 0 atom stereocenters. The molecular formula is C39H29N. The van der Waals surface area contributed by atoms with Gasteiger partial charge in [-0.3, -0.25) is 0 Å². The van der Waals surface area contributed by atoms with E-state index in [0.717, 1.165) is 11.4 Å². The van der Waals surface area contributed by atoms with Gasteiger partial charge in [0.2, 0.25) is 0 Å². The molecule has 0 fully saturated rings. The molecule has 7 rings (SSSR count). The Bertz CT molecular complexity index is 1860. The van der Waals surface area contributed by atoms with E-state index in [1.807, 2.05) is 0 Å².